The first-order chi connectivity index (χ1) is 7.74. The summed E-state index contributed by atoms with van der Waals surface area (Å²) in [7, 11) is 0. The van der Waals surface area contributed by atoms with Crippen molar-refractivity contribution in [2.24, 2.45) is 5.92 Å². The minimum Gasteiger partial charge on any atom is -0.343 e. The Bertz CT molecular complexity index is 195. The summed E-state index contributed by atoms with van der Waals surface area (Å²) in [6, 6.07) is 0. The average molecular weight is 225 g/mol. The van der Waals surface area contributed by atoms with Crippen molar-refractivity contribution in [3.63, 3.8) is 0 Å². The number of carbonyl (C=O) groups is 1. The Balaban J connectivity index is 2.02. The van der Waals surface area contributed by atoms with E-state index in [1.165, 1.54) is 51.4 Å². The summed E-state index contributed by atoms with van der Waals surface area (Å²) in [6.45, 7) is 5.94. The van der Waals surface area contributed by atoms with Gasteiger partial charge in [0.15, 0.2) is 0 Å². The molecule has 0 saturated carbocycles. The molecule has 94 valence electrons. The van der Waals surface area contributed by atoms with E-state index in [1.54, 1.807) is 6.92 Å². The number of hydrogen-bond acceptors (Lipinski definition) is 1. The zero-order chi connectivity index (χ0) is 11.8. The number of amides is 1. The van der Waals surface area contributed by atoms with Gasteiger partial charge in [-0.3, -0.25) is 4.79 Å². The van der Waals surface area contributed by atoms with Crippen LogP contribution < -0.4 is 0 Å². The SMILES string of the molecule is CCCCCCCC1CCN(C(C)=O)CC1. The first-order valence-electron chi connectivity index (χ1n) is 6.99. The molecule has 0 N–H and O–H groups in total. The highest BCUT2D eigenvalue weighted by Crippen LogP contribution is 2.23. The molecular weight excluding hydrogens is 198 g/mol. The Kier molecular flexibility index (Phi) is 6.51. The van der Waals surface area contributed by atoms with E-state index in [9.17, 15) is 4.79 Å². The van der Waals surface area contributed by atoms with E-state index in [-0.39, 0.29) is 5.91 Å². The van der Waals surface area contributed by atoms with Gasteiger partial charge in [0, 0.05) is 20.0 Å². The molecule has 1 heterocycles. The lowest BCUT2D eigenvalue weighted by Crippen LogP contribution is -2.36. The third kappa shape index (κ3) is 5.00. The Labute approximate surface area is 100 Å². The number of unbranched alkanes of at least 4 members (excludes halogenated alkanes) is 4. The zero-order valence-corrected chi connectivity index (χ0v) is 11.0. The lowest BCUT2D eigenvalue weighted by molar-refractivity contribution is -0.130. The summed E-state index contributed by atoms with van der Waals surface area (Å²) >= 11 is 0. The molecule has 16 heavy (non-hydrogen) atoms. The predicted octanol–water partition coefficient (Wildman–Crippen LogP) is 3.61. The van der Waals surface area contributed by atoms with Crippen LogP contribution in [-0.2, 0) is 4.79 Å². The predicted molar refractivity (Wildman–Crippen MR) is 68.4 cm³/mol. The lowest BCUT2D eigenvalue weighted by atomic mass is 9.91. The number of likely N-dealkylation sites (tertiary alicyclic amines) is 1. The quantitative estimate of drug-likeness (QED) is 0.632. The molecule has 0 spiro atoms. The Hall–Kier alpha value is -0.530. The molecule has 2 nitrogen and oxygen atoms in total. The van der Waals surface area contributed by atoms with Gasteiger partial charge in [0.2, 0.25) is 5.91 Å². The molecule has 0 unspecified atom stereocenters. The molecule has 1 fully saturated rings. The summed E-state index contributed by atoms with van der Waals surface area (Å²) in [4.78, 5) is 13.2. The van der Waals surface area contributed by atoms with Gasteiger partial charge in [0.1, 0.15) is 0 Å². The van der Waals surface area contributed by atoms with Crippen LogP contribution in [-0.4, -0.2) is 23.9 Å². The lowest BCUT2D eigenvalue weighted by Gasteiger charge is -2.31. The molecule has 0 radical (unpaired) electrons. The number of carbonyl (C=O) groups excluding carboxylic acids is 1. The average Bonchev–Trinajstić information content (AvgIpc) is 2.29. The summed E-state index contributed by atoms with van der Waals surface area (Å²) in [6.07, 6.45) is 10.8. The highest BCUT2D eigenvalue weighted by Gasteiger charge is 2.19. The van der Waals surface area contributed by atoms with Crippen LogP contribution in [0.5, 0.6) is 0 Å². The smallest absolute Gasteiger partial charge is 0.219 e. The maximum Gasteiger partial charge on any atom is 0.219 e. The molecular formula is C14H27NO. The van der Waals surface area contributed by atoms with Gasteiger partial charge >= 0.3 is 0 Å². The fraction of sp³-hybridized carbons (Fsp3) is 0.929. The normalized spacial score (nSPS) is 17.8. The standard InChI is InChI=1S/C14H27NO/c1-3-4-5-6-7-8-14-9-11-15(12-10-14)13(2)16/h14H,3-12H2,1-2H3. The molecule has 1 aliphatic rings. The van der Waals surface area contributed by atoms with Gasteiger partial charge in [0.05, 0.1) is 0 Å². The number of nitrogens with zero attached hydrogens (tertiary/aromatic N) is 1. The van der Waals surface area contributed by atoms with Crippen LogP contribution in [0.25, 0.3) is 0 Å². The van der Waals surface area contributed by atoms with Crippen molar-refractivity contribution in [3.8, 4) is 0 Å². The van der Waals surface area contributed by atoms with Crippen LogP contribution in [0.2, 0.25) is 0 Å². The van der Waals surface area contributed by atoms with Gasteiger partial charge in [-0.1, -0.05) is 45.4 Å². The fourth-order valence-electron chi connectivity index (χ4n) is 2.57. The Morgan fingerprint density at radius 3 is 2.31 bits per heavy atom. The molecule has 0 aromatic heterocycles. The van der Waals surface area contributed by atoms with Crippen molar-refractivity contribution >= 4 is 5.91 Å². The molecule has 1 amide bonds. The van der Waals surface area contributed by atoms with Crippen LogP contribution >= 0.6 is 0 Å². The molecule has 0 aromatic rings. The second-order valence-corrected chi connectivity index (χ2v) is 5.15. The number of rotatable bonds is 6. The highest BCUT2D eigenvalue weighted by atomic mass is 16.2. The molecule has 1 aliphatic heterocycles. The van der Waals surface area contributed by atoms with E-state index in [1.807, 2.05) is 4.90 Å². The van der Waals surface area contributed by atoms with Crippen molar-refractivity contribution in [3.05, 3.63) is 0 Å². The van der Waals surface area contributed by atoms with Gasteiger partial charge in [0.25, 0.3) is 0 Å². The first kappa shape index (κ1) is 13.5. The van der Waals surface area contributed by atoms with E-state index in [0.29, 0.717) is 0 Å². The van der Waals surface area contributed by atoms with Gasteiger partial charge in [-0.05, 0) is 18.8 Å². The monoisotopic (exact) mass is 225 g/mol. The minimum absolute atomic E-state index is 0.251. The van der Waals surface area contributed by atoms with Crippen LogP contribution in [0, 0.1) is 5.92 Å². The molecule has 0 aromatic carbocycles. The number of piperidine rings is 1. The molecule has 1 saturated heterocycles. The van der Waals surface area contributed by atoms with Gasteiger partial charge in [-0.25, -0.2) is 0 Å². The highest BCUT2D eigenvalue weighted by molar-refractivity contribution is 5.73. The van der Waals surface area contributed by atoms with E-state index < -0.39 is 0 Å². The van der Waals surface area contributed by atoms with Crippen molar-refractivity contribution in [2.45, 2.75) is 65.2 Å². The van der Waals surface area contributed by atoms with E-state index in [0.717, 1.165) is 19.0 Å². The molecule has 2 heteroatoms. The van der Waals surface area contributed by atoms with Crippen molar-refractivity contribution in [1.82, 2.24) is 4.90 Å². The molecule has 0 aliphatic carbocycles. The first-order valence-corrected chi connectivity index (χ1v) is 6.99. The Morgan fingerprint density at radius 1 is 1.12 bits per heavy atom. The second-order valence-electron chi connectivity index (χ2n) is 5.15. The van der Waals surface area contributed by atoms with Gasteiger partial charge in [-0.15, -0.1) is 0 Å². The topological polar surface area (TPSA) is 20.3 Å². The van der Waals surface area contributed by atoms with Gasteiger partial charge in [-0.2, -0.15) is 0 Å². The van der Waals surface area contributed by atoms with E-state index >= 15 is 0 Å². The van der Waals surface area contributed by atoms with Crippen LogP contribution in [0.3, 0.4) is 0 Å². The minimum atomic E-state index is 0.251. The zero-order valence-electron chi connectivity index (χ0n) is 11.0. The summed E-state index contributed by atoms with van der Waals surface area (Å²) in [5, 5.41) is 0. The van der Waals surface area contributed by atoms with Crippen LogP contribution in [0.1, 0.15) is 65.2 Å². The molecule has 0 bridgehead atoms. The van der Waals surface area contributed by atoms with E-state index in [2.05, 4.69) is 6.92 Å². The largest absolute Gasteiger partial charge is 0.343 e. The third-order valence-electron chi connectivity index (χ3n) is 3.78. The van der Waals surface area contributed by atoms with Crippen molar-refractivity contribution < 1.29 is 4.79 Å². The summed E-state index contributed by atoms with van der Waals surface area (Å²) in [5.41, 5.74) is 0. The van der Waals surface area contributed by atoms with Gasteiger partial charge < -0.3 is 4.90 Å². The third-order valence-corrected chi connectivity index (χ3v) is 3.78. The molecule has 1 rings (SSSR count). The Morgan fingerprint density at radius 2 is 1.75 bits per heavy atom. The van der Waals surface area contributed by atoms with Crippen LogP contribution in [0.4, 0.5) is 0 Å². The van der Waals surface area contributed by atoms with E-state index in [4.69, 9.17) is 0 Å². The molecule has 0 atom stereocenters. The fourth-order valence-corrected chi connectivity index (χ4v) is 2.57. The maximum absolute atomic E-state index is 11.2. The van der Waals surface area contributed by atoms with Crippen molar-refractivity contribution in [2.75, 3.05) is 13.1 Å². The summed E-state index contributed by atoms with van der Waals surface area (Å²) in [5.74, 6) is 1.14. The van der Waals surface area contributed by atoms with Crippen molar-refractivity contribution in [1.29, 1.82) is 0 Å². The second kappa shape index (κ2) is 7.70. The number of hydrogen-bond donors (Lipinski definition) is 0. The van der Waals surface area contributed by atoms with Crippen LogP contribution in [0.15, 0.2) is 0 Å². The maximum atomic E-state index is 11.2. The summed E-state index contributed by atoms with van der Waals surface area (Å²) < 4.78 is 0.